The largest absolute Gasteiger partial charge is 0.504 e. The fraction of sp³-hybridized carbons (Fsp3) is 0.120. The molecule has 0 aromatic heterocycles. The van der Waals surface area contributed by atoms with Gasteiger partial charge in [-0.15, -0.1) is 0 Å². The topological polar surface area (TPSA) is 99.7 Å². The zero-order valence-corrected chi connectivity index (χ0v) is 17.5. The Morgan fingerprint density at radius 3 is 2.44 bits per heavy atom. The van der Waals surface area contributed by atoms with E-state index in [1.807, 2.05) is 48.5 Å². The van der Waals surface area contributed by atoms with Gasteiger partial charge in [-0.2, -0.15) is 0 Å². The first kappa shape index (κ1) is 21.0. The maximum absolute atomic E-state index is 13.1. The highest BCUT2D eigenvalue weighted by Gasteiger charge is 2.31. The number of anilines is 1. The van der Waals surface area contributed by atoms with Crippen LogP contribution in [0.2, 0.25) is 0 Å². The number of nitrogens with one attached hydrogen (secondary N) is 3. The van der Waals surface area contributed by atoms with E-state index in [2.05, 4.69) is 16.0 Å². The van der Waals surface area contributed by atoms with Crippen LogP contribution in [0.25, 0.3) is 0 Å². The first-order valence-corrected chi connectivity index (χ1v) is 10.2. The second-order valence-electron chi connectivity index (χ2n) is 7.39. The van der Waals surface area contributed by atoms with Crippen molar-refractivity contribution < 1.29 is 19.4 Å². The van der Waals surface area contributed by atoms with Gasteiger partial charge in [0, 0.05) is 11.4 Å². The van der Waals surface area contributed by atoms with Crippen LogP contribution in [0.3, 0.4) is 0 Å². The summed E-state index contributed by atoms with van der Waals surface area (Å²) in [5, 5.41) is 18.6. The van der Waals surface area contributed by atoms with E-state index in [9.17, 15) is 14.7 Å². The molecule has 32 heavy (non-hydrogen) atoms. The van der Waals surface area contributed by atoms with Crippen LogP contribution >= 0.6 is 0 Å². The number of carbonyl (C=O) groups is 2. The number of aromatic hydroxyl groups is 1. The summed E-state index contributed by atoms with van der Waals surface area (Å²) in [5.41, 5.74) is 3.02. The highest BCUT2D eigenvalue weighted by Crippen LogP contribution is 2.34. The van der Waals surface area contributed by atoms with Crippen molar-refractivity contribution in [2.75, 3.05) is 5.32 Å². The van der Waals surface area contributed by atoms with Gasteiger partial charge in [0.2, 0.25) is 0 Å². The van der Waals surface area contributed by atoms with Gasteiger partial charge in [0.1, 0.15) is 6.61 Å². The summed E-state index contributed by atoms with van der Waals surface area (Å²) in [7, 11) is 0. The molecular weight excluding hydrogens is 406 g/mol. The monoisotopic (exact) mass is 429 g/mol. The Hall–Kier alpha value is -4.26. The molecule has 162 valence electrons. The fourth-order valence-corrected chi connectivity index (χ4v) is 3.53. The number of hydrogen-bond donors (Lipinski definition) is 4. The van der Waals surface area contributed by atoms with Gasteiger partial charge in [0.25, 0.3) is 5.91 Å². The van der Waals surface area contributed by atoms with Gasteiger partial charge in [-0.3, -0.25) is 4.79 Å². The lowest BCUT2D eigenvalue weighted by molar-refractivity contribution is -0.113. The van der Waals surface area contributed by atoms with Gasteiger partial charge in [0.05, 0.1) is 11.6 Å². The summed E-state index contributed by atoms with van der Waals surface area (Å²) in [6.07, 6.45) is 0. The van der Waals surface area contributed by atoms with Gasteiger partial charge < -0.3 is 25.8 Å². The van der Waals surface area contributed by atoms with Crippen LogP contribution in [-0.4, -0.2) is 17.0 Å². The molecule has 4 N–H and O–H groups in total. The minimum absolute atomic E-state index is 0.0269. The van der Waals surface area contributed by atoms with Crippen molar-refractivity contribution in [3.63, 3.8) is 0 Å². The van der Waals surface area contributed by atoms with E-state index in [-0.39, 0.29) is 24.0 Å². The lowest BCUT2D eigenvalue weighted by Crippen LogP contribution is -2.45. The fourth-order valence-electron chi connectivity index (χ4n) is 3.53. The summed E-state index contributed by atoms with van der Waals surface area (Å²) < 4.78 is 5.80. The summed E-state index contributed by atoms with van der Waals surface area (Å²) in [6, 6.07) is 22.3. The number of ether oxygens (including phenoxy) is 1. The third-order valence-electron chi connectivity index (χ3n) is 5.10. The van der Waals surface area contributed by atoms with E-state index in [4.69, 9.17) is 4.74 Å². The molecule has 3 aromatic carbocycles. The van der Waals surface area contributed by atoms with Crippen LogP contribution in [-0.2, 0) is 11.4 Å². The molecule has 0 saturated carbocycles. The predicted octanol–water partition coefficient (Wildman–Crippen LogP) is 4.24. The highest BCUT2D eigenvalue weighted by atomic mass is 16.5. The minimum atomic E-state index is -0.716. The van der Waals surface area contributed by atoms with Gasteiger partial charge >= 0.3 is 6.03 Å². The molecule has 0 saturated heterocycles. The number of urea groups is 1. The summed E-state index contributed by atoms with van der Waals surface area (Å²) in [5.74, 6) is -0.105. The Morgan fingerprint density at radius 1 is 1.03 bits per heavy atom. The number of allylic oxidation sites excluding steroid dienone is 1. The Bertz CT molecular complexity index is 1160. The molecule has 3 amide bonds. The zero-order chi connectivity index (χ0) is 22.5. The van der Waals surface area contributed by atoms with Crippen LogP contribution in [0, 0.1) is 0 Å². The first-order chi connectivity index (χ1) is 15.5. The predicted molar refractivity (Wildman–Crippen MR) is 121 cm³/mol. The molecule has 0 aliphatic carbocycles. The van der Waals surface area contributed by atoms with Crippen molar-refractivity contribution in [1.29, 1.82) is 0 Å². The number of hydrogen-bond acceptors (Lipinski definition) is 4. The molecule has 0 unspecified atom stereocenters. The Morgan fingerprint density at radius 2 is 1.72 bits per heavy atom. The number of rotatable bonds is 6. The van der Waals surface area contributed by atoms with E-state index in [0.717, 1.165) is 5.56 Å². The van der Waals surface area contributed by atoms with Gasteiger partial charge in [-0.25, -0.2) is 4.79 Å². The number of amides is 3. The molecule has 1 aliphatic heterocycles. The molecule has 1 heterocycles. The average Bonchev–Trinajstić information content (AvgIpc) is 2.79. The Balaban J connectivity index is 1.61. The van der Waals surface area contributed by atoms with Gasteiger partial charge in [0.15, 0.2) is 11.5 Å². The SMILES string of the molecule is CC1=C(C(=O)Nc2ccccc2)[C@H](c2ccc(O)c(OCc3ccccc3)c2)NC(=O)N1. The van der Waals surface area contributed by atoms with Gasteiger partial charge in [-0.05, 0) is 42.3 Å². The van der Waals surface area contributed by atoms with E-state index < -0.39 is 12.1 Å². The summed E-state index contributed by atoms with van der Waals surface area (Å²) in [6.45, 7) is 1.95. The molecule has 3 aromatic rings. The van der Waals surface area contributed by atoms with Crippen molar-refractivity contribution in [3.8, 4) is 11.5 Å². The van der Waals surface area contributed by atoms with Crippen LogP contribution in [0.5, 0.6) is 11.5 Å². The third kappa shape index (κ3) is 4.73. The first-order valence-electron chi connectivity index (χ1n) is 10.2. The van der Waals surface area contributed by atoms with Crippen LogP contribution in [0.1, 0.15) is 24.1 Å². The smallest absolute Gasteiger partial charge is 0.319 e. The molecule has 7 heteroatoms. The summed E-state index contributed by atoms with van der Waals surface area (Å²) in [4.78, 5) is 25.3. The second-order valence-corrected chi connectivity index (χ2v) is 7.39. The van der Waals surface area contributed by atoms with Crippen LogP contribution in [0.15, 0.2) is 90.1 Å². The maximum atomic E-state index is 13.1. The molecular formula is C25H23N3O4. The maximum Gasteiger partial charge on any atom is 0.319 e. The number of phenols is 1. The Kier molecular flexibility index (Phi) is 6.07. The van der Waals surface area contributed by atoms with Crippen molar-refractivity contribution in [2.24, 2.45) is 0 Å². The van der Waals surface area contributed by atoms with E-state index in [1.165, 1.54) is 6.07 Å². The Labute approximate surface area is 185 Å². The molecule has 1 atom stereocenters. The van der Waals surface area contributed by atoms with Crippen molar-refractivity contribution >= 4 is 17.6 Å². The molecule has 4 rings (SSSR count). The third-order valence-corrected chi connectivity index (χ3v) is 5.10. The lowest BCUT2D eigenvalue weighted by Gasteiger charge is -2.29. The van der Waals surface area contributed by atoms with Crippen LogP contribution in [0.4, 0.5) is 10.5 Å². The number of carbonyl (C=O) groups excluding carboxylic acids is 2. The average molecular weight is 429 g/mol. The molecule has 0 radical (unpaired) electrons. The van der Waals surface area contributed by atoms with Crippen LogP contribution < -0.4 is 20.7 Å². The second kappa shape index (κ2) is 9.26. The lowest BCUT2D eigenvalue weighted by atomic mass is 9.94. The van der Waals surface area contributed by atoms with Gasteiger partial charge in [-0.1, -0.05) is 54.6 Å². The number of para-hydroxylation sites is 1. The van der Waals surface area contributed by atoms with Crippen molar-refractivity contribution in [1.82, 2.24) is 10.6 Å². The molecule has 7 nitrogen and oxygen atoms in total. The number of benzene rings is 3. The standard InChI is InChI=1S/C25H23N3O4/c1-16-22(24(30)27-19-10-6-3-7-11-19)23(28-25(31)26-16)18-12-13-20(29)21(14-18)32-15-17-8-4-2-5-9-17/h2-14,23,29H,15H2,1H3,(H,27,30)(H2,26,28,31)/t23-/m0/s1. The molecule has 0 bridgehead atoms. The van der Waals surface area contributed by atoms with E-state index in [0.29, 0.717) is 22.5 Å². The number of phenolic OH excluding ortho intramolecular Hbond substituents is 1. The quantitative estimate of drug-likeness (QED) is 0.471. The van der Waals surface area contributed by atoms with E-state index >= 15 is 0 Å². The summed E-state index contributed by atoms with van der Waals surface area (Å²) >= 11 is 0. The molecule has 0 spiro atoms. The molecule has 0 fully saturated rings. The molecule has 1 aliphatic rings. The minimum Gasteiger partial charge on any atom is -0.504 e. The van der Waals surface area contributed by atoms with E-state index in [1.54, 1.807) is 31.2 Å². The van der Waals surface area contributed by atoms with Crippen molar-refractivity contribution in [2.45, 2.75) is 19.6 Å². The van der Waals surface area contributed by atoms with Crippen molar-refractivity contribution in [3.05, 3.63) is 101 Å². The zero-order valence-electron chi connectivity index (χ0n) is 17.5. The normalized spacial score (nSPS) is 15.5. The highest BCUT2D eigenvalue weighted by molar-refractivity contribution is 6.06.